The van der Waals surface area contributed by atoms with Crippen LogP contribution in [-0.4, -0.2) is 72.5 Å². The Kier molecular flexibility index (Phi) is 6.73. The molecule has 1 unspecified atom stereocenters. The number of hydrogen-bond acceptors (Lipinski definition) is 8. The molecule has 5 aromatic rings. The van der Waals surface area contributed by atoms with E-state index in [4.69, 9.17) is 20.4 Å². The van der Waals surface area contributed by atoms with Crippen LogP contribution in [0.3, 0.4) is 0 Å². The zero-order valence-corrected chi connectivity index (χ0v) is 23.1. The third-order valence-electron chi connectivity index (χ3n) is 7.96. The van der Waals surface area contributed by atoms with Crippen LogP contribution in [0.1, 0.15) is 23.6 Å². The number of rotatable bonds is 6. The van der Waals surface area contributed by atoms with E-state index in [0.29, 0.717) is 49.4 Å². The SMILES string of the molecule is C=CC(=O)N1CCOCC(N[C@H]2CCc3cc(-n4c(-c5cccnc5N)nc5ccc(-n6cccn6)nc54)ccc32)C1. The van der Waals surface area contributed by atoms with Crippen LogP contribution in [0.2, 0.25) is 0 Å². The second-order valence-electron chi connectivity index (χ2n) is 10.6. The highest BCUT2D eigenvalue weighted by molar-refractivity contribution is 5.87. The highest BCUT2D eigenvalue weighted by Gasteiger charge is 2.29. The van der Waals surface area contributed by atoms with Gasteiger partial charge in [-0.2, -0.15) is 5.10 Å². The second-order valence-corrected chi connectivity index (χ2v) is 10.6. The fourth-order valence-corrected chi connectivity index (χ4v) is 5.95. The molecule has 0 saturated carbocycles. The van der Waals surface area contributed by atoms with Crippen LogP contribution in [0.4, 0.5) is 5.82 Å². The van der Waals surface area contributed by atoms with Crippen molar-refractivity contribution in [2.75, 3.05) is 32.0 Å². The number of imidazole rings is 1. The van der Waals surface area contributed by atoms with Gasteiger partial charge >= 0.3 is 0 Å². The van der Waals surface area contributed by atoms with Gasteiger partial charge in [0.05, 0.1) is 18.8 Å². The molecule has 42 heavy (non-hydrogen) atoms. The first-order valence-electron chi connectivity index (χ1n) is 14.1. The number of nitrogen functional groups attached to an aromatic ring is 1. The third kappa shape index (κ3) is 4.72. The molecule has 212 valence electrons. The van der Waals surface area contributed by atoms with Gasteiger partial charge in [-0.1, -0.05) is 12.6 Å². The van der Waals surface area contributed by atoms with Crippen molar-refractivity contribution in [3.8, 4) is 22.9 Å². The van der Waals surface area contributed by atoms with E-state index in [1.807, 2.05) is 36.5 Å². The maximum atomic E-state index is 12.3. The molecule has 0 radical (unpaired) electrons. The fourth-order valence-electron chi connectivity index (χ4n) is 5.95. The van der Waals surface area contributed by atoms with Gasteiger partial charge in [-0.3, -0.25) is 9.36 Å². The largest absolute Gasteiger partial charge is 0.383 e. The lowest BCUT2D eigenvalue weighted by atomic mass is 10.1. The summed E-state index contributed by atoms with van der Waals surface area (Å²) in [5.74, 6) is 1.71. The topological polar surface area (TPSA) is 129 Å². The lowest BCUT2D eigenvalue weighted by Gasteiger charge is -2.26. The molecule has 7 rings (SSSR count). The Hall–Kier alpha value is -4.87. The number of amides is 1. The van der Waals surface area contributed by atoms with Crippen molar-refractivity contribution in [1.82, 2.24) is 39.5 Å². The molecule has 3 N–H and O–H groups in total. The van der Waals surface area contributed by atoms with E-state index in [9.17, 15) is 4.79 Å². The number of carbonyl (C=O) groups excluding carboxylic acids is 1. The van der Waals surface area contributed by atoms with Crippen molar-refractivity contribution in [3.05, 3.63) is 90.9 Å². The lowest BCUT2D eigenvalue weighted by molar-refractivity contribution is -0.126. The first kappa shape index (κ1) is 26.1. The molecule has 1 aliphatic heterocycles. The van der Waals surface area contributed by atoms with Gasteiger partial charge in [0.25, 0.3) is 0 Å². The van der Waals surface area contributed by atoms with E-state index in [1.165, 1.54) is 17.2 Å². The molecule has 2 atom stereocenters. The van der Waals surface area contributed by atoms with Crippen LogP contribution >= 0.6 is 0 Å². The Labute approximate surface area is 242 Å². The summed E-state index contributed by atoms with van der Waals surface area (Å²) in [6.07, 6.45) is 8.52. The summed E-state index contributed by atoms with van der Waals surface area (Å²) in [6, 6.07) is 16.2. The number of nitrogens with one attached hydrogen (secondary N) is 1. The number of nitrogens with two attached hydrogens (primary N) is 1. The molecule has 1 amide bonds. The molecular formula is C31H31N9O2. The number of hydrogen-bond donors (Lipinski definition) is 2. The smallest absolute Gasteiger partial charge is 0.246 e. The molecule has 4 aromatic heterocycles. The second kappa shape index (κ2) is 10.8. The van der Waals surface area contributed by atoms with E-state index in [2.05, 4.69) is 44.7 Å². The number of ether oxygens (including phenoxy) is 1. The summed E-state index contributed by atoms with van der Waals surface area (Å²) in [6.45, 7) is 5.90. The van der Waals surface area contributed by atoms with E-state index in [-0.39, 0.29) is 18.0 Å². The third-order valence-corrected chi connectivity index (χ3v) is 7.96. The average molecular weight is 562 g/mol. The number of aryl methyl sites for hydroxylation is 1. The van der Waals surface area contributed by atoms with Crippen molar-refractivity contribution in [2.24, 2.45) is 0 Å². The Balaban J connectivity index is 1.26. The fraction of sp³-hybridized carbons (Fsp3) is 0.258. The maximum absolute atomic E-state index is 12.3. The number of aromatic nitrogens is 6. The molecule has 0 bridgehead atoms. The predicted octanol–water partition coefficient (Wildman–Crippen LogP) is 3.24. The Morgan fingerprint density at radius 3 is 2.90 bits per heavy atom. The monoisotopic (exact) mass is 561 g/mol. The first-order chi connectivity index (χ1) is 20.6. The number of fused-ring (bicyclic) bond motifs is 2. The molecule has 5 heterocycles. The Bertz CT molecular complexity index is 1780. The highest BCUT2D eigenvalue weighted by atomic mass is 16.5. The van der Waals surface area contributed by atoms with Gasteiger partial charge in [-0.05, 0) is 72.5 Å². The zero-order chi connectivity index (χ0) is 28.6. The van der Waals surface area contributed by atoms with Gasteiger partial charge in [-0.25, -0.2) is 19.6 Å². The number of pyridine rings is 2. The molecule has 2 aliphatic rings. The number of benzene rings is 1. The summed E-state index contributed by atoms with van der Waals surface area (Å²) in [4.78, 5) is 28.3. The van der Waals surface area contributed by atoms with Crippen molar-refractivity contribution in [2.45, 2.75) is 24.9 Å². The molecule has 1 fully saturated rings. The molecule has 1 saturated heterocycles. The zero-order valence-electron chi connectivity index (χ0n) is 23.1. The van der Waals surface area contributed by atoms with Gasteiger partial charge in [0, 0.05) is 49.5 Å². The van der Waals surface area contributed by atoms with Crippen LogP contribution in [0.25, 0.3) is 34.1 Å². The maximum Gasteiger partial charge on any atom is 0.246 e. The Morgan fingerprint density at radius 1 is 1.14 bits per heavy atom. The minimum absolute atomic E-state index is 0.0368. The molecule has 1 aromatic carbocycles. The highest BCUT2D eigenvalue weighted by Crippen LogP contribution is 2.36. The van der Waals surface area contributed by atoms with Gasteiger partial charge in [0.15, 0.2) is 17.3 Å². The summed E-state index contributed by atoms with van der Waals surface area (Å²) in [5.41, 5.74) is 12.0. The van der Waals surface area contributed by atoms with Crippen LogP contribution in [-0.2, 0) is 16.0 Å². The van der Waals surface area contributed by atoms with Crippen LogP contribution in [0, 0.1) is 0 Å². The molecule has 0 spiro atoms. The summed E-state index contributed by atoms with van der Waals surface area (Å²) < 4.78 is 9.59. The average Bonchev–Trinajstić information content (AvgIpc) is 3.73. The van der Waals surface area contributed by atoms with Crippen molar-refractivity contribution in [1.29, 1.82) is 0 Å². The van der Waals surface area contributed by atoms with Crippen molar-refractivity contribution >= 4 is 22.9 Å². The quantitative estimate of drug-likeness (QED) is 0.303. The number of anilines is 1. The Morgan fingerprint density at radius 2 is 2.07 bits per heavy atom. The van der Waals surface area contributed by atoms with E-state index in [1.54, 1.807) is 22.0 Å². The van der Waals surface area contributed by atoms with E-state index >= 15 is 0 Å². The number of nitrogens with zero attached hydrogens (tertiary/aromatic N) is 7. The van der Waals surface area contributed by atoms with E-state index < -0.39 is 0 Å². The normalized spacial score (nSPS) is 18.6. The summed E-state index contributed by atoms with van der Waals surface area (Å²) in [5, 5.41) is 8.11. The molecular weight excluding hydrogens is 530 g/mol. The standard InChI is InChI=1S/C31H31N9O2/c1-2-28(41)38-15-16-42-19-21(18-38)35-25-9-6-20-17-22(7-8-23(20)25)40-30(24-5-3-12-33-29(24)32)36-26-10-11-27(37-31(26)40)39-14-4-13-34-39/h2-5,7-8,10-14,17,21,25,35H,1,6,9,15-16,18-19H2,(H2,32,33)/t21?,25-/m0/s1. The number of carbonyl (C=O) groups is 1. The van der Waals surface area contributed by atoms with Crippen LogP contribution in [0.5, 0.6) is 0 Å². The van der Waals surface area contributed by atoms with E-state index in [0.717, 1.165) is 29.6 Å². The first-order valence-corrected chi connectivity index (χ1v) is 14.1. The minimum Gasteiger partial charge on any atom is -0.383 e. The van der Waals surface area contributed by atoms with Crippen LogP contribution < -0.4 is 11.1 Å². The summed E-state index contributed by atoms with van der Waals surface area (Å²) in [7, 11) is 0. The predicted molar refractivity (Wildman–Crippen MR) is 159 cm³/mol. The van der Waals surface area contributed by atoms with Crippen LogP contribution in [0.15, 0.2) is 79.8 Å². The van der Waals surface area contributed by atoms with Gasteiger partial charge in [0.1, 0.15) is 11.3 Å². The molecule has 1 aliphatic carbocycles. The molecule has 11 heteroatoms. The summed E-state index contributed by atoms with van der Waals surface area (Å²) >= 11 is 0. The minimum atomic E-state index is -0.0642. The van der Waals surface area contributed by atoms with Gasteiger partial charge in [0.2, 0.25) is 5.91 Å². The molecule has 11 nitrogen and oxygen atoms in total. The van der Waals surface area contributed by atoms with Crippen molar-refractivity contribution in [3.63, 3.8) is 0 Å². The van der Waals surface area contributed by atoms with Gasteiger partial charge < -0.3 is 20.7 Å². The van der Waals surface area contributed by atoms with Crippen molar-refractivity contribution < 1.29 is 9.53 Å². The lowest BCUT2D eigenvalue weighted by Crippen LogP contribution is -2.44. The van der Waals surface area contributed by atoms with Gasteiger partial charge in [-0.15, -0.1) is 0 Å².